The summed E-state index contributed by atoms with van der Waals surface area (Å²) in [5.41, 5.74) is 6.87. The van der Waals surface area contributed by atoms with Crippen molar-refractivity contribution in [1.82, 2.24) is 15.2 Å². The number of pyridine rings is 1. The van der Waals surface area contributed by atoms with Crippen molar-refractivity contribution in [2.75, 3.05) is 32.7 Å². The molecule has 0 spiro atoms. The zero-order valence-corrected chi connectivity index (χ0v) is 9.60. The highest BCUT2D eigenvalue weighted by atomic mass is 15.2. The molecule has 0 aromatic carbocycles. The molecule has 4 heteroatoms. The summed E-state index contributed by atoms with van der Waals surface area (Å²) < 4.78 is 0. The van der Waals surface area contributed by atoms with E-state index in [1.165, 1.54) is 5.56 Å². The van der Waals surface area contributed by atoms with Gasteiger partial charge >= 0.3 is 0 Å². The molecule has 0 amide bonds. The van der Waals surface area contributed by atoms with Crippen LogP contribution in [0.2, 0.25) is 0 Å². The van der Waals surface area contributed by atoms with Crippen LogP contribution >= 0.6 is 0 Å². The average Bonchev–Trinajstić information content (AvgIpc) is 2.38. The Morgan fingerprint density at radius 1 is 1.44 bits per heavy atom. The van der Waals surface area contributed by atoms with Crippen molar-refractivity contribution in [3.63, 3.8) is 0 Å². The van der Waals surface area contributed by atoms with Crippen LogP contribution in [0.25, 0.3) is 0 Å². The fourth-order valence-electron chi connectivity index (χ4n) is 2.15. The summed E-state index contributed by atoms with van der Waals surface area (Å²) in [5, 5.41) is 3.54. The molecule has 3 N–H and O–H groups in total. The predicted octanol–water partition coefficient (Wildman–Crippen LogP) is 0.377. The molecule has 1 aliphatic rings. The van der Waals surface area contributed by atoms with Gasteiger partial charge in [-0.1, -0.05) is 0 Å². The van der Waals surface area contributed by atoms with Crippen molar-refractivity contribution < 1.29 is 0 Å². The number of piperazine rings is 1. The maximum absolute atomic E-state index is 5.54. The Morgan fingerprint density at radius 3 is 3.00 bits per heavy atom. The number of aromatic nitrogens is 1. The van der Waals surface area contributed by atoms with Crippen LogP contribution in [0, 0.1) is 0 Å². The van der Waals surface area contributed by atoms with E-state index >= 15 is 0 Å². The van der Waals surface area contributed by atoms with E-state index in [2.05, 4.69) is 27.3 Å². The third-order valence-electron chi connectivity index (χ3n) is 3.05. The molecule has 16 heavy (non-hydrogen) atoms. The lowest BCUT2D eigenvalue weighted by Crippen LogP contribution is -2.46. The van der Waals surface area contributed by atoms with Crippen LogP contribution in [0.5, 0.6) is 0 Å². The molecule has 1 aromatic rings. The smallest absolute Gasteiger partial charge is 0.0450 e. The van der Waals surface area contributed by atoms with Gasteiger partial charge in [0.05, 0.1) is 0 Å². The van der Waals surface area contributed by atoms with Gasteiger partial charge in [-0.25, -0.2) is 0 Å². The van der Waals surface area contributed by atoms with E-state index in [0.717, 1.165) is 39.1 Å². The number of hydrogen-bond donors (Lipinski definition) is 2. The summed E-state index contributed by atoms with van der Waals surface area (Å²) in [7, 11) is 0. The van der Waals surface area contributed by atoms with Crippen LogP contribution in [-0.2, 0) is 0 Å². The predicted molar refractivity (Wildman–Crippen MR) is 65.1 cm³/mol. The second kappa shape index (κ2) is 5.94. The first-order chi connectivity index (χ1) is 7.90. The molecule has 2 heterocycles. The van der Waals surface area contributed by atoms with E-state index in [9.17, 15) is 0 Å². The lowest BCUT2D eigenvalue weighted by atomic mass is 10.1. The maximum atomic E-state index is 5.54. The summed E-state index contributed by atoms with van der Waals surface area (Å²) in [6, 6.07) is 4.61. The molecule has 2 rings (SSSR count). The van der Waals surface area contributed by atoms with Crippen molar-refractivity contribution >= 4 is 0 Å². The third-order valence-corrected chi connectivity index (χ3v) is 3.05. The Kier molecular flexibility index (Phi) is 4.27. The van der Waals surface area contributed by atoms with Crippen LogP contribution in [0.4, 0.5) is 0 Å². The van der Waals surface area contributed by atoms with E-state index in [1.54, 1.807) is 0 Å². The highest BCUT2D eigenvalue weighted by molar-refractivity contribution is 5.16. The number of nitrogens with one attached hydrogen (secondary N) is 1. The molecule has 1 unspecified atom stereocenters. The van der Waals surface area contributed by atoms with Crippen LogP contribution in [0.1, 0.15) is 18.0 Å². The SMILES string of the molecule is NCCCN1CCNC(c2ccncc2)C1. The van der Waals surface area contributed by atoms with Crippen LogP contribution < -0.4 is 11.1 Å². The van der Waals surface area contributed by atoms with Gasteiger partial charge in [0, 0.05) is 38.1 Å². The van der Waals surface area contributed by atoms with E-state index in [1.807, 2.05) is 12.4 Å². The third kappa shape index (κ3) is 3.01. The summed E-state index contributed by atoms with van der Waals surface area (Å²) in [4.78, 5) is 6.53. The summed E-state index contributed by atoms with van der Waals surface area (Å²) in [6.07, 6.45) is 4.80. The van der Waals surface area contributed by atoms with Gasteiger partial charge in [-0.05, 0) is 37.2 Å². The van der Waals surface area contributed by atoms with Crippen molar-refractivity contribution in [1.29, 1.82) is 0 Å². The second-order valence-electron chi connectivity index (χ2n) is 4.23. The number of nitrogens with zero attached hydrogens (tertiary/aromatic N) is 2. The molecule has 1 saturated heterocycles. The summed E-state index contributed by atoms with van der Waals surface area (Å²) in [5.74, 6) is 0. The van der Waals surface area contributed by atoms with Crippen LogP contribution in [-0.4, -0.2) is 42.6 Å². The fraction of sp³-hybridized carbons (Fsp3) is 0.583. The standard InChI is InChI=1S/C12H20N4/c13-4-1-8-16-9-7-15-12(10-16)11-2-5-14-6-3-11/h2-3,5-6,12,15H,1,4,7-10,13H2. The van der Waals surface area contributed by atoms with Crippen molar-refractivity contribution in [2.24, 2.45) is 5.73 Å². The Balaban J connectivity index is 1.91. The highest BCUT2D eigenvalue weighted by Crippen LogP contribution is 2.16. The van der Waals surface area contributed by atoms with Gasteiger partial charge in [-0.3, -0.25) is 4.98 Å². The zero-order valence-electron chi connectivity index (χ0n) is 9.60. The number of nitrogens with two attached hydrogens (primary N) is 1. The normalized spacial score (nSPS) is 22.2. The van der Waals surface area contributed by atoms with Gasteiger partial charge in [-0.15, -0.1) is 0 Å². The van der Waals surface area contributed by atoms with Crippen molar-refractivity contribution in [2.45, 2.75) is 12.5 Å². The molecule has 0 bridgehead atoms. The monoisotopic (exact) mass is 220 g/mol. The minimum absolute atomic E-state index is 0.439. The van der Waals surface area contributed by atoms with Gasteiger partial charge in [0.25, 0.3) is 0 Å². The molecule has 4 nitrogen and oxygen atoms in total. The minimum atomic E-state index is 0.439. The number of hydrogen-bond acceptors (Lipinski definition) is 4. The molecule has 1 fully saturated rings. The first-order valence-electron chi connectivity index (χ1n) is 5.96. The molecular formula is C12H20N4. The van der Waals surface area contributed by atoms with Crippen molar-refractivity contribution in [3.05, 3.63) is 30.1 Å². The molecule has 0 aliphatic carbocycles. The quantitative estimate of drug-likeness (QED) is 0.770. The Hall–Kier alpha value is -0.970. The fourth-order valence-corrected chi connectivity index (χ4v) is 2.15. The molecule has 0 saturated carbocycles. The minimum Gasteiger partial charge on any atom is -0.330 e. The van der Waals surface area contributed by atoms with E-state index in [4.69, 9.17) is 5.73 Å². The largest absolute Gasteiger partial charge is 0.330 e. The molecule has 1 aromatic heterocycles. The first-order valence-corrected chi connectivity index (χ1v) is 5.96. The van der Waals surface area contributed by atoms with Gasteiger partial charge in [0.15, 0.2) is 0 Å². The molecule has 1 atom stereocenters. The Bertz CT molecular complexity index is 301. The van der Waals surface area contributed by atoms with Gasteiger partial charge < -0.3 is 16.0 Å². The molecule has 0 radical (unpaired) electrons. The maximum Gasteiger partial charge on any atom is 0.0450 e. The average molecular weight is 220 g/mol. The summed E-state index contributed by atoms with van der Waals surface area (Å²) in [6.45, 7) is 5.15. The van der Waals surface area contributed by atoms with Gasteiger partial charge in [0.2, 0.25) is 0 Å². The molecular weight excluding hydrogens is 200 g/mol. The van der Waals surface area contributed by atoms with E-state index in [-0.39, 0.29) is 0 Å². The van der Waals surface area contributed by atoms with Crippen molar-refractivity contribution in [3.8, 4) is 0 Å². The van der Waals surface area contributed by atoms with Gasteiger partial charge in [0.1, 0.15) is 0 Å². The highest BCUT2D eigenvalue weighted by Gasteiger charge is 2.19. The van der Waals surface area contributed by atoms with E-state index < -0.39 is 0 Å². The zero-order chi connectivity index (χ0) is 11.2. The molecule has 88 valence electrons. The Morgan fingerprint density at radius 2 is 2.25 bits per heavy atom. The second-order valence-corrected chi connectivity index (χ2v) is 4.23. The lowest BCUT2D eigenvalue weighted by Gasteiger charge is -2.33. The van der Waals surface area contributed by atoms with Crippen LogP contribution in [0.3, 0.4) is 0 Å². The summed E-state index contributed by atoms with van der Waals surface area (Å²) >= 11 is 0. The Labute approximate surface area is 96.8 Å². The van der Waals surface area contributed by atoms with Gasteiger partial charge in [-0.2, -0.15) is 0 Å². The van der Waals surface area contributed by atoms with Crippen LogP contribution in [0.15, 0.2) is 24.5 Å². The van der Waals surface area contributed by atoms with E-state index in [0.29, 0.717) is 6.04 Å². The molecule has 1 aliphatic heterocycles. The number of rotatable bonds is 4. The first kappa shape index (κ1) is 11.5. The lowest BCUT2D eigenvalue weighted by molar-refractivity contribution is 0.200. The topological polar surface area (TPSA) is 54.2 Å².